The molecule has 0 radical (unpaired) electrons. The van der Waals surface area contributed by atoms with E-state index in [4.69, 9.17) is 9.47 Å². The first kappa shape index (κ1) is 16.8. The van der Waals surface area contributed by atoms with Crippen molar-refractivity contribution in [2.24, 2.45) is 0 Å². The third-order valence-corrected chi connectivity index (χ3v) is 3.66. The highest BCUT2D eigenvalue weighted by molar-refractivity contribution is 6.04. The minimum atomic E-state index is -0.288. The van der Waals surface area contributed by atoms with Crippen molar-refractivity contribution < 1.29 is 19.1 Å². The van der Waals surface area contributed by atoms with Gasteiger partial charge in [0.1, 0.15) is 5.69 Å². The predicted molar refractivity (Wildman–Crippen MR) is 92.3 cm³/mol. The van der Waals surface area contributed by atoms with Gasteiger partial charge in [0.15, 0.2) is 11.5 Å². The number of benzene rings is 1. The van der Waals surface area contributed by atoms with Gasteiger partial charge in [0, 0.05) is 26.1 Å². The Morgan fingerprint density at radius 3 is 2.52 bits per heavy atom. The van der Waals surface area contributed by atoms with Crippen LogP contribution in [0.25, 0.3) is 0 Å². The molecular weight excluding hydrogens is 322 g/mol. The second kappa shape index (κ2) is 7.21. The molecule has 2 amide bonds. The van der Waals surface area contributed by atoms with Gasteiger partial charge in [-0.15, -0.1) is 0 Å². The Hall–Kier alpha value is -3.09. The van der Waals surface area contributed by atoms with Crippen molar-refractivity contribution in [3.05, 3.63) is 47.8 Å². The molecule has 1 aliphatic heterocycles. The van der Waals surface area contributed by atoms with Crippen LogP contribution in [0.2, 0.25) is 0 Å². The molecule has 0 bridgehead atoms. The van der Waals surface area contributed by atoms with Gasteiger partial charge in [0.25, 0.3) is 11.8 Å². The largest absolute Gasteiger partial charge is 0.490 e. The van der Waals surface area contributed by atoms with E-state index < -0.39 is 0 Å². The molecule has 0 aliphatic carbocycles. The van der Waals surface area contributed by atoms with Crippen molar-refractivity contribution in [2.45, 2.75) is 6.42 Å². The van der Waals surface area contributed by atoms with Gasteiger partial charge >= 0.3 is 0 Å². The van der Waals surface area contributed by atoms with Crippen molar-refractivity contribution in [3.8, 4) is 11.5 Å². The first-order valence-electron chi connectivity index (χ1n) is 7.93. The summed E-state index contributed by atoms with van der Waals surface area (Å²) in [5.41, 5.74) is 1.28. The van der Waals surface area contributed by atoms with Gasteiger partial charge in [-0.25, -0.2) is 4.98 Å². The van der Waals surface area contributed by atoms with E-state index >= 15 is 0 Å². The molecule has 0 spiro atoms. The van der Waals surface area contributed by atoms with Crippen LogP contribution in [0.1, 0.15) is 27.3 Å². The van der Waals surface area contributed by atoms with E-state index in [9.17, 15) is 9.59 Å². The van der Waals surface area contributed by atoms with Gasteiger partial charge in [-0.1, -0.05) is 0 Å². The third kappa shape index (κ3) is 3.88. The number of amides is 2. The highest BCUT2D eigenvalue weighted by Gasteiger charge is 2.15. The fraction of sp³-hybridized carbons (Fsp3) is 0.278. The lowest BCUT2D eigenvalue weighted by Crippen LogP contribution is -2.22. The molecule has 1 aromatic heterocycles. The summed E-state index contributed by atoms with van der Waals surface area (Å²) < 4.78 is 11.1. The van der Waals surface area contributed by atoms with Crippen LogP contribution in [0.15, 0.2) is 36.5 Å². The molecule has 25 heavy (non-hydrogen) atoms. The molecule has 0 atom stereocenters. The van der Waals surface area contributed by atoms with E-state index in [1.165, 1.54) is 11.1 Å². The van der Waals surface area contributed by atoms with Crippen LogP contribution < -0.4 is 14.8 Å². The monoisotopic (exact) mass is 341 g/mol. The molecule has 2 aromatic rings. The summed E-state index contributed by atoms with van der Waals surface area (Å²) in [5.74, 6) is 0.724. The Bertz CT molecular complexity index is 787. The second-order valence-electron chi connectivity index (χ2n) is 5.80. The lowest BCUT2D eigenvalue weighted by molar-refractivity contribution is 0.0822. The Balaban J connectivity index is 1.72. The zero-order valence-corrected chi connectivity index (χ0v) is 14.1. The summed E-state index contributed by atoms with van der Waals surface area (Å²) in [7, 11) is 3.31. The van der Waals surface area contributed by atoms with Crippen molar-refractivity contribution >= 4 is 17.5 Å². The maximum absolute atomic E-state index is 12.4. The lowest BCUT2D eigenvalue weighted by Gasteiger charge is -2.11. The maximum atomic E-state index is 12.4. The van der Waals surface area contributed by atoms with Crippen LogP contribution in [-0.2, 0) is 0 Å². The molecule has 0 saturated heterocycles. The minimum absolute atomic E-state index is 0.194. The van der Waals surface area contributed by atoms with Crippen LogP contribution >= 0.6 is 0 Å². The standard InChI is InChI=1S/C18H19N3O4/c1-21(2)18(23)14-6-5-13(11-19-14)20-17(22)12-4-7-15-16(10-12)25-9-3-8-24-15/h4-7,10-11H,3,8-9H2,1-2H3,(H,20,22). The number of rotatable bonds is 3. The first-order chi connectivity index (χ1) is 12.0. The number of hydrogen-bond donors (Lipinski definition) is 1. The molecule has 1 aliphatic rings. The number of hydrogen-bond acceptors (Lipinski definition) is 5. The van der Waals surface area contributed by atoms with Crippen molar-refractivity contribution in [1.29, 1.82) is 0 Å². The molecular formula is C18H19N3O4. The molecule has 7 heteroatoms. The fourth-order valence-electron chi connectivity index (χ4n) is 2.33. The topological polar surface area (TPSA) is 80.8 Å². The van der Waals surface area contributed by atoms with E-state index in [1.54, 1.807) is 44.4 Å². The number of aromatic nitrogens is 1. The zero-order valence-electron chi connectivity index (χ0n) is 14.1. The number of nitrogens with one attached hydrogen (secondary N) is 1. The highest BCUT2D eigenvalue weighted by Crippen LogP contribution is 2.30. The number of carbonyl (C=O) groups excluding carboxylic acids is 2. The molecule has 0 fully saturated rings. The van der Waals surface area contributed by atoms with Gasteiger partial charge in [-0.2, -0.15) is 0 Å². The van der Waals surface area contributed by atoms with E-state index in [0.717, 1.165) is 6.42 Å². The lowest BCUT2D eigenvalue weighted by atomic mass is 10.2. The van der Waals surface area contributed by atoms with E-state index in [2.05, 4.69) is 10.3 Å². The van der Waals surface area contributed by atoms with Crippen LogP contribution in [0.5, 0.6) is 11.5 Å². The van der Waals surface area contributed by atoms with Crippen LogP contribution in [0.4, 0.5) is 5.69 Å². The number of fused-ring (bicyclic) bond motifs is 1. The smallest absolute Gasteiger partial charge is 0.271 e. The van der Waals surface area contributed by atoms with E-state index in [1.807, 2.05) is 0 Å². The fourth-order valence-corrected chi connectivity index (χ4v) is 2.33. The quantitative estimate of drug-likeness (QED) is 0.926. The minimum Gasteiger partial charge on any atom is -0.490 e. The van der Waals surface area contributed by atoms with Crippen molar-refractivity contribution in [1.82, 2.24) is 9.88 Å². The first-order valence-corrected chi connectivity index (χ1v) is 7.93. The molecule has 3 rings (SSSR count). The Kier molecular flexibility index (Phi) is 4.83. The van der Waals surface area contributed by atoms with Gasteiger partial charge in [-0.05, 0) is 30.3 Å². The number of carbonyl (C=O) groups is 2. The number of anilines is 1. The molecule has 0 saturated carbocycles. The van der Waals surface area contributed by atoms with Gasteiger partial charge < -0.3 is 19.7 Å². The summed E-state index contributed by atoms with van der Waals surface area (Å²) in [5, 5.41) is 2.75. The van der Waals surface area contributed by atoms with Crippen LogP contribution in [0.3, 0.4) is 0 Å². The summed E-state index contributed by atoms with van der Waals surface area (Å²) in [6.45, 7) is 1.16. The van der Waals surface area contributed by atoms with Gasteiger partial charge in [0.2, 0.25) is 0 Å². The molecule has 1 N–H and O–H groups in total. The van der Waals surface area contributed by atoms with Gasteiger partial charge in [-0.3, -0.25) is 9.59 Å². The van der Waals surface area contributed by atoms with E-state index in [0.29, 0.717) is 41.7 Å². The molecule has 1 aromatic carbocycles. The Labute approximate surface area is 145 Å². The predicted octanol–water partition coefficient (Wildman–Crippen LogP) is 2.20. The summed E-state index contributed by atoms with van der Waals surface area (Å²) in [6.07, 6.45) is 2.26. The van der Waals surface area contributed by atoms with Crippen LogP contribution in [0, 0.1) is 0 Å². The number of ether oxygens (including phenoxy) is 2. The van der Waals surface area contributed by atoms with E-state index in [-0.39, 0.29) is 11.8 Å². The number of pyridine rings is 1. The van der Waals surface area contributed by atoms with Crippen molar-refractivity contribution in [3.63, 3.8) is 0 Å². The Morgan fingerprint density at radius 2 is 1.84 bits per heavy atom. The van der Waals surface area contributed by atoms with Gasteiger partial charge in [0.05, 0.1) is 25.1 Å². The number of nitrogens with zero attached hydrogens (tertiary/aromatic N) is 2. The maximum Gasteiger partial charge on any atom is 0.271 e. The summed E-state index contributed by atoms with van der Waals surface area (Å²) in [6, 6.07) is 8.29. The van der Waals surface area contributed by atoms with Crippen LogP contribution in [-0.4, -0.2) is 49.0 Å². The molecule has 130 valence electrons. The average molecular weight is 341 g/mol. The molecule has 7 nitrogen and oxygen atoms in total. The third-order valence-electron chi connectivity index (χ3n) is 3.66. The molecule has 0 unspecified atom stereocenters. The Morgan fingerprint density at radius 1 is 1.08 bits per heavy atom. The SMILES string of the molecule is CN(C)C(=O)c1ccc(NC(=O)c2ccc3c(c2)OCCCO3)cn1. The van der Waals surface area contributed by atoms with Crippen molar-refractivity contribution in [2.75, 3.05) is 32.6 Å². The second-order valence-corrected chi connectivity index (χ2v) is 5.80. The highest BCUT2D eigenvalue weighted by atomic mass is 16.5. The average Bonchev–Trinajstić information content (AvgIpc) is 2.86. The zero-order chi connectivity index (χ0) is 17.8. The summed E-state index contributed by atoms with van der Waals surface area (Å²) >= 11 is 0. The normalized spacial score (nSPS) is 12.9. The molecule has 2 heterocycles. The summed E-state index contributed by atoms with van der Waals surface area (Å²) in [4.78, 5) is 29.7.